The van der Waals surface area contributed by atoms with Crippen LogP contribution in [0.5, 0.6) is 0 Å². The molecule has 97 valence electrons. The predicted molar refractivity (Wildman–Crippen MR) is 81.0 cm³/mol. The number of rotatable bonds is 3. The lowest BCUT2D eigenvalue weighted by Gasteiger charge is -2.38. The molecule has 0 amide bonds. The summed E-state index contributed by atoms with van der Waals surface area (Å²) in [6.07, 6.45) is 8.69. The van der Waals surface area contributed by atoms with Gasteiger partial charge in [0.05, 0.1) is 0 Å². The molecule has 0 aliphatic heterocycles. The van der Waals surface area contributed by atoms with Crippen LogP contribution in [0.15, 0.2) is 60.7 Å². The van der Waals surface area contributed by atoms with Crippen LogP contribution in [0.3, 0.4) is 0 Å². The van der Waals surface area contributed by atoms with E-state index < -0.39 is 0 Å². The minimum atomic E-state index is 0.345. The van der Waals surface area contributed by atoms with E-state index in [0.29, 0.717) is 5.41 Å². The Bertz CT molecular complexity index is 492. The second kappa shape index (κ2) is 5.61. The maximum absolute atomic E-state index is 2.45. The standard InChI is InChI=1S/C19H21/c1-4-10-17(11-5-1)16-19(14-8-3-9-15-19)18-12-6-2-7-13-18/h1-7,10-13H,8-9,14-16H2. The SMILES string of the molecule is [CH]1CCC(Cc2ccccc2)(c2ccccc2)CC1. The van der Waals surface area contributed by atoms with Gasteiger partial charge in [-0.25, -0.2) is 0 Å². The molecule has 2 aromatic rings. The molecule has 0 aromatic heterocycles. The Morgan fingerprint density at radius 2 is 1.32 bits per heavy atom. The molecule has 0 unspecified atom stereocenters. The van der Waals surface area contributed by atoms with E-state index in [1.807, 2.05) is 0 Å². The number of hydrogen-bond donors (Lipinski definition) is 0. The van der Waals surface area contributed by atoms with Gasteiger partial charge < -0.3 is 0 Å². The Morgan fingerprint density at radius 1 is 0.737 bits per heavy atom. The van der Waals surface area contributed by atoms with Gasteiger partial charge in [0.25, 0.3) is 0 Å². The highest BCUT2D eigenvalue weighted by atomic mass is 14.4. The molecule has 1 aliphatic rings. The first-order chi connectivity index (χ1) is 9.39. The summed E-state index contributed by atoms with van der Waals surface area (Å²) in [6.45, 7) is 0. The first-order valence-corrected chi connectivity index (χ1v) is 7.30. The molecule has 0 heteroatoms. The summed E-state index contributed by atoms with van der Waals surface area (Å²) in [7, 11) is 0. The van der Waals surface area contributed by atoms with Crippen molar-refractivity contribution in [2.45, 2.75) is 37.5 Å². The molecule has 1 aliphatic carbocycles. The molecular weight excluding hydrogens is 228 g/mol. The van der Waals surface area contributed by atoms with Gasteiger partial charge >= 0.3 is 0 Å². The van der Waals surface area contributed by atoms with Crippen molar-refractivity contribution in [2.75, 3.05) is 0 Å². The summed E-state index contributed by atoms with van der Waals surface area (Å²) >= 11 is 0. The van der Waals surface area contributed by atoms with Gasteiger partial charge in [0.15, 0.2) is 0 Å². The molecule has 0 atom stereocenters. The Kier molecular flexibility index (Phi) is 3.68. The lowest BCUT2D eigenvalue weighted by molar-refractivity contribution is 0.325. The summed E-state index contributed by atoms with van der Waals surface area (Å²) in [4.78, 5) is 0. The maximum Gasteiger partial charge on any atom is -0.000645 e. The summed E-state index contributed by atoms with van der Waals surface area (Å²) < 4.78 is 0. The van der Waals surface area contributed by atoms with Crippen LogP contribution < -0.4 is 0 Å². The van der Waals surface area contributed by atoms with Crippen molar-refractivity contribution in [3.05, 3.63) is 78.2 Å². The second-order valence-electron chi connectivity index (χ2n) is 5.67. The Hall–Kier alpha value is -1.56. The van der Waals surface area contributed by atoms with Crippen molar-refractivity contribution in [1.29, 1.82) is 0 Å². The molecule has 0 heterocycles. The zero-order valence-electron chi connectivity index (χ0n) is 11.4. The lowest BCUT2D eigenvalue weighted by atomic mass is 9.66. The van der Waals surface area contributed by atoms with E-state index in [2.05, 4.69) is 67.1 Å². The lowest BCUT2D eigenvalue weighted by Crippen LogP contribution is -2.31. The summed E-state index contributed by atoms with van der Waals surface area (Å²) in [5.41, 5.74) is 3.33. The summed E-state index contributed by atoms with van der Waals surface area (Å²) in [6, 6.07) is 22.1. The maximum atomic E-state index is 2.45. The smallest absolute Gasteiger partial charge is 0.000645 e. The number of hydrogen-bond acceptors (Lipinski definition) is 0. The average molecular weight is 249 g/mol. The molecule has 1 fully saturated rings. The highest BCUT2D eigenvalue weighted by Gasteiger charge is 2.33. The van der Waals surface area contributed by atoms with Gasteiger partial charge in [0.2, 0.25) is 0 Å². The highest BCUT2D eigenvalue weighted by Crippen LogP contribution is 2.41. The Labute approximate surface area is 116 Å². The van der Waals surface area contributed by atoms with E-state index in [-0.39, 0.29) is 0 Å². The molecule has 0 saturated heterocycles. The molecule has 0 spiro atoms. The molecule has 1 radical (unpaired) electrons. The molecule has 0 nitrogen and oxygen atoms in total. The molecule has 19 heavy (non-hydrogen) atoms. The van der Waals surface area contributed by atoms with E-state index in [4.69, 9.17) is 0 Å². The predicted octanol–water partition coefficient (Wildman–Crippen LogP) is 4.95. The summed E-state index contributed by atoms with van der Waals surface area (Å²) in [5, 5.41) is 0. The monoisotopic (exact) mass is 249 g/mol. The van der Waals surface area contributed by atoms with Crippen LogP contribution in [0.4, 0.5) is 0 Å². The fourth-order valence-electron chi connectivity index (χ4n) is 3.37. The van der Waals surface area contributed by atoms with Crippen molar-refractivity contribution in [2.24, 2.45) is 0 Å². The largest absolute Gasteiger partial charge is 0.0622 e. The third kappa shape index (κ3) is 2.73. The van der Waals surface area contributed by atoms with Gasteiger partial charge in [-0.1, -0.05) is 60.7 Å². The highest BCUT2D eigenvalue weighted by molar-refractivity contribution is 5.30. The second-order valence-corrected chi connectivity index (χ2v) is 5.67. The van der Waals surface area contributed by atoms with Gasteiger partial charge in [-0.3, -0.25) is 0 Å². The van der Waals surface area contributed by atoms with Crippen LogP contribution in [0, 0.1) is 6.42 Å². The van der Waals surface area contributed by atoms with Crippen molar-refractivity contribution in [1.82, 2.24) is 0 Å². The first-order valence-electron chi connectivity index (χ1n) is 7.30. The van der Waals surface area contributed by atoms with Crippen LogP contribution in [-0.4, -0.2) is 0 Å². The quantitative estimate of drug-likeness (QED) is 0.722. The zero-order valence-corrected chi connectivity index (χ0v) is 11.4. The van der Waals surface area contributed by atoms with E-state index in [1.165, 1.54) is 43.2 Å². The Balaban J connectivity index is 1.93. The van der Waals surface area contributed by atoms with E-state index in [9.17, 15) is 0 Å². The minimum absolute atomic E-state index is 0.345. The minimum Gasteiger partial charge on any atom is -0.0622 e. The molecular formula is C19H21. The van der Waals surface area contributed by atoms with Gasteiger partial charge in [0, 0.05) is 0 Å². The zero-order chi connectivity index (χ0) is 13.0. The first kappa shape index (κ1) is 12.5. The molecule has 0 bridgehead atoms. The number of benzene rings is 2. The van der Waals surface area contributed by atoms with Crippen LogP contribution >= 0.6 is 0 Å². The molecule has 0 N–H and O–H groups in total. The molecule has 3 rings (SSSR count). The van der Waals surface area contributed by atoms with E-state index in [1.54, 1.807) is 0 Å². The van der Waals surface area contributed by atoms with Crippen molar-refractivity contribution in [3.63, 3.8) is 0 Å². The van der Waals surface area contributed by atoms with Crippen LogP contribution in [0.25, 0.3) is 0 Å². The summed E-state index contributed by atoms with van der Waals surface area (Å²) in [5.74, 6) is 0. The normalized spacial score (nSPS) is 18.1. The average Bonchev–Trinajstić information content (AvgIpc) is 2.50. The van der Waals surface area contributed by atoms with Gasteiger partial charge in [-0.05, 0) is 55.1 Å². The van der Waals surface area contributed by atoms with E-state index in [0.717, 1.165) is 0 Å². The van der Waals surface area contributed by atoms with Crippen molar-refractivity contribution in [3.8, 4) is 0 Å². The fraction of sp³-hybridized carbons (Fsp3) is 0.316. The van der Waals surface area contributed by atoms with Gasteiger partial charge in [-0.2, -0.15) is 0 Å². The van der Waals surface area contributed by atoms with Crippen molar-refractivity contribution >= 4 is 0 Å². The molecule has 2 aromatic carbocycles. The molecule has 1 saturated carbocycles. The third-order valence-corrected chi connectivity index (χ3v) is 4.43. The van der Waals surface area contributed by atoms with Crippen LogP contribution in [-0.2, 0) is 11.8 Å². The van der Waals surface area contributed by atoms with Gasteiger partial charge in [-0.15, -0.1) is 0 Å². The van der Waals surface area contributed by atoms with Crippen LogP contribution in [0.2, 0.25) is 0 Å². The Morgan fingerprint density at radius 3 is 1.95 bits per heavy atom. The van der Waals surface area contributed by atoms with Gasteiger partial charge in [0.1, 0.15) is 0 Å². The van der Waals surface area contributed by atoms with Crippen molar-refractivity contribution < 1.29 is 0 Å². The third-order valence-electron chi connectivity index (χ3n) is 4.43. The fourth-order valence-corrected chi connectivity index (χ4v) is 3.37. The topological polar surface area (TPSA) is 0 Å². The van der Waals surface area contributed by atoms with E-state index >= 15 is 0 Å². The van der Waals surface area contributed by atoms with Crippen LogP contribution in [0.1, 0.15) is 36.8 Å².